The summed E-state index contributed by atoms with van der Waals surface area (Å²) in [5, 5.41) is 0. The van der Waals surface area contributed by atoms with Gasteiger partial charge in [0.2, 0.25) is 0 Å². The molecule has 254 valence electrons. The average molecular weight is 655 g/mol. The Hall–Kier alpha value is -3.64. The third kappa shape index (κ3) is 4.62. The molecule has 0 heterocycles. The monoisotopic (exact) mass is 654 g/mol. The van der Waals surface area contributed by atoms with Crippen LogP contribution in [0.15, 0.2) is 48.5 Å². The van der Waals surface area contributed by atoms with Crippen molar-refractivity contribution in [3.63, 3.8) is 0 Å². The van der Waals surface area contributed by atoms with Crippen molar-refractivity contribution in [2.24, 2.45) is 21.7 Å². The predicted molar refractivity (Wildman–Crippen MR) is 213 cm³/mol. The number of fused-ring (bicyclic) bond motifs is 12. The van der Waals surface area contributed by atoms with E-state index in [2.05, 4.69) is 116 Å². The van der Waals surface area contributed by atoms with Crippen molar-refractivity contribution in [3.8, 4) is 11.1 Å². The number of rotatable bonds is 3. The van der Waals surface area contributed by atoms with Gasteiger partial charge in [0.25, 0.3) is 0 Å². The molecule has 0 unspecified atom stereocenters. The van der Waals surface area contributed by atoms with Crippen LogP contribution >= 0.6 is 0 Å². The van der Waals surface area contributed by atoms with Crippen molar-refractivity contribution in [1.82, 2.24) is 0 Å². The highest BCUT2D eigenvalue weighted by Gasteiger charge is 2.43. The second-order valence-electron chi connectivity index (χ2n) is 20.5. The van der Waals surface area contributed by atoms with Gasteiger partial charge < -0.3 is 0 Å². The van der Waals surface area contributed by atoms with Crippen molar-refractivity contribution in [2.45, 2.75) is 120 Å². The van der Waals surface area contributed by atoms with E-state index in [1.165, 1.54) is 84.8 Å². The Kier molecular flexibility index (Phi) is 6.24. The van der Waals surface area contributed by atoms with E-state index in [1.54, 1.807) is 66.8 Å². The number of hydrogen-bond donors (Lipinski definition) is 0. The summed E-state index contributed by atoms with van der Waals surface area (Å²) in [5.41, 5.74) is 30.2. The Morgan fingerprint density at radius 1 is 0.320 bits per heavy atom. The summed E-state index contributed by atoms with van der Waals surface area (Å²) in [6, 6.07) is 18.7. The number of hydrogen-bond acceptors (Lipinski definition) is 0. The minimum absolute atomic E-state index is 0.351. The van der Waals surface area contributed by atoms with Gasteiger partial charge in [-0.15, -0.1) is 0 Å². The standard InChI is InChI=1S/C50H54/c1-47(2)21-39-35-17-29(18-36(35)40-22-48(3,4)26-44(40)43(39)25-47)31-13-9-11-15-33(31)34-16-12-10-14-32(34)30-19-37-38(20-30)42-24-50(7,8)28-46(42)45-27-49(5,6)23-41(37)45/h9-17,19H,18,20-28H2,1-8H3. The molecule has 0 heteroatoms. The van der Waals surface area contributed by atoms with Crippen molar-refractivity contribution in [3.05, 3.63) is 126 Å². The highest BCUT2D eigenvalue weighted by atomic mass is 14.5. The molecule has 0 radical (unpaired) electrons. The zero-order valence-corrected chi connectivity index (χ0v) is 31.8. The lowest BCUT2D eigenvalue weighted by molar-refractivity contribution is 0.383. The zero-order chi connectivity index (χ0) is 34.5. The van der Waals surface area contributed by atoms with Gasteiger partial charge in [-0.05, 0) is 186 Å². The van der Waals surface area contributed by atoms with Crippen LogP contribution in [0.25, 0.3) is 34.4 Å². The number of benzene rings is 4. The maximum atomic E-state index is 2.63. The fourth-order valence-electron chi connectivity index (χ4n) is 11.8. The van der Waals surface area contributed by atoms with Crippen molar-refractivity contribution >= 4 is 23.3 Å². The third-order valence-electron chi connectivity index (χ3n) is 13.7. The Morgan fingerprint density at radius 3 is 0.920 bits per heavy atom. The Labute approximate surface area is 301 Å². The first-order chi connectivity index (χ1) is 23.7. The van der Waals surface area contributed by atoms with Crippen LogP contribution in [0.3, 0.4) is 0 Å². The van der Waals surface area contributed by atoms with Gasteiger partial charge in [0.1, 0.15) is 0 Å². The van der Waals surface area contributed by atoms with Gasteiger partial charge in [0.05, 0.1) is 0 Å². The summed E-state index contributed by atoms with van der Waals surface area (Å²) in [6.45, 7) is 19.9. The fourth-order valence-corrected chi connectivity index (χ4v) is 11.8. The second kappa shape index (κ2) is 10.0. The van der Waals surface area contributed by atoms with Crippen LogP contribution < -0.4 is 0 Å². The van der Waals surface area contributed by atoms with E-state index >= 15 is 0 Å². The summed E-state index contributed by atoms with van der Waals surface area (Å²) < 4.78 is 0. The molecule has 0 nitrogen and oxygen atoms in total. The van der Waals surface area contributed by atoms with Crippen LogP contribution in [0, 0.1) is 21.7 Å². The molecule has 0 N–H and O–H groups in total. The summed E-state index contributed by atoms with van der Waals surface area (Å²) in [6.07, 6.45) is 17.2. The van der Waals surface area contributed by atoms with E-state index in [4.69, 9.17) is 0 Å². The fraction of sp³-hybridized carbons (Fsp3) is 0.440. The quantitative estimate of drug-likeness (QED) is 0.206. The molecule has 0 fully saturated rings. The normalized spacial score (nSPS) is 22.1. The maximum Gasteiger partial charge on any atom is -0.00105 e. The smallest absolute Gasteiger partial charge is 0.00105 e. The molecule has 4 aromatic carbocycles. The van der Waals surface area contributed by atoms with Crippen molar-refractivity contribution in [2.75, 3.05) is 0 Å². The molecule has 0 saturated carbocycles. The Morgan fingerprint density at radius 2 is 0.580 bits per heavy atom. The molecule has 6 aliphatic rings. The average Bonchev–Trinajstić information content (AvgIpc) is 3.87. The molecule has 0 saturated heterocycles. The summed E-state index contributed by atoms with van der Waals surface area (Å²) in [4.78, 5) is 0. The zero-order valence-electron chi connectivity index (χ0n) is 31.8. The van der Waals surface area contributed by atoms with Gasteiger partial charge in [-0.3, -0.25) is 0 Å². The van der Waals surface area contributed by atoms with E-state index in [0.29, 0.717) is 21.7 Å². The van der Waals surface area contributed by atoms with E-state index < -0.39 is 0 Å². The highest BCUT2D eigenvalue weighted by molar-refractivity contribution is 6.00. The van der Waals surface area contributed by atoms with Gasteiger partial charge >= 0.3 is 0 Å². The van der Waals surface area contributed by atoms with Crippen molar-refractivity contribution in [1.29, 1.82) is 0 Å². The second-order valence-corrected chi connectivity index (χ2v) is 20.5. The van der Waals surface area contributed by atoms with E-state index in [1.807, 2.05) is 0 Å². The predicted octanol–water partition coefficient (Wildman–Crippen LogP) is 12.0. The van der Waals surface area contributed by atoms with Gasteiger partial charge in [0.15, 0.2) is 0 Å². The Bertz CT molecular complexity index is 2090. The SMILES string of the molecule is CC1(C)Cc2c3c(c4c(c2C1)CC(C)(C)C4)CC(c1ccccc1-c1ccccc1C1=Cc2c4c(c5c(c2C1)CC(C)(C)C5)CC(C)(C)C4)=C3. The van der Waals surface area contributed by atoms with Crippen molar-refractivity contribution < 1.29 is 0 Å². The van der Waals surface area contributed by atoms with Crippen LogP contribution in [0.1, 0.15) is 133 Å². The molecule has 50 heavy (non-hydrogen) atoms. The van der Waals surface area contributed by atoms with Gasteiger partial charge in [-0.25, -0.2) is 0 Å². The molecule has 0 bridgehead atoms. The maximum absolute atomic E-state index is 2.63. The molecule has 0 aliphatic heterocycles. The minimum Gasteiger partial charge on any atom is -0.0616 e. The third-order valence-corrected chi connectivity index (χ3v) is 13.7. The first-order valence-electron chi connectivity index (χ1n) is 19.6. The molecule has 0 amide bonds. The highest BCUT2D eigenvalue weighted by Crippen LogP contribution is 2.54. The van der Waals surface area contributed by atoms with Crippen LogP contribution in [0.2, 0.25) is 0 Å². The number of allylic oxidation sites excluding steroid dienone is 2. The molecule has 0 aromatic heterocycles. The summed E-state index contributed by atoms with van der Waals surface area (Å²) >= 11 is 0. The molecular formula is C50H54. The van der Waals surface area contributed by atoms with Crippen LogP contribution in [0.4, 0.5) is 0 Å². The van der Waals surface area contributed by atoms with Crippen LogP contribution in [-0.4, -0.2) is 0 Å². The molecule has 10 rings (SSSR count). The van der Waals surface area contributed by atoms with E-state index in [-0.39, 0.29) is 0 Å². The first-order valence-corrected chi connectivity index (χ1v) is 19.6. The Balaban J connectivity index is 1.07. The molecule has 4 aromatic rings. The summed E-state index contributed by atoms with van der Waals surface area (Å²) in [5.74, 6) is 0. The van der Waals surface area contributed by atoms with Crippen LogP contribution in [0.5, 0.6) is 0 Å². The lowest BCUT2D eigenvalue weighted by atomic mass is 9.87. The lowest BCUT2D eigenvalue weighted by Gasteiger charge is -2.17. The molecular weight excluding hydrogens is 601 g/mol. The van der Waals surface area contributed by atoms with Gasteiger partial charge in [0, 0.05) is 0 Å². The largest absolute Gasteiger partial charge is 0.0616 e. The minimum atomic E-state index is 0.351. The molecule has 6 aliphatic carbocycles. The molecule has 0 atom stereocenters. The lowest BCUT2D eigenvalue weighted by Crippen LogP contribution is -2.11. The summed E-state index contributed by atoms with van der Waals surface area (Å²) in [7, 11) is 0. The topological polar surface area (TPSA) is 0 Å². The van der Waals surface area contributed by atoms with E-state index in [9.17, 15) is 0 Å². The van der Waals surface area contributed by atoms with Gasteiger partial charge in [-0.1, -0.05) is 116 Å². The first kappa shape index (κ1) is 31.1. The van der Waals surface area contributed by atoms with E-state index in [0.717, 1.165) is 12.8 Å². The van der Waals surface area contributed by atoms with Gasteiger partial charge in [-0.2, -0.15) is 0 Å². The molecule has 0 spiro atoms. The van der Waals surface area contributed by atoms with Crippen LogP contribution in [-0.2, 0) is 64.2 Å².